The number of hydrogen-bond donors (Lipinski definition) is 0. The van der Waals surface area contributed by atoms with Gasteiger partial charge >= 0.3 is 17.9 Å². The highest BCUT2D eigenvalue weighted by Crippen LogP contribution is 2.75. The topological polar surface area (TPSA) is 210 Å². The lowest BCUT2D eigenvalue weighted by molar-refractivity contribution is -0.241. The number of ether oxygens (including phenoxy) is 5. The summed E-state index contributed by atoms with van der Waals surface area (Å²) in [6, 6.07) is 13.6. The molecule has 2 aromatic carbocycles. The van der Waals surface area contributed by atoms with Crippen LogP contribution < -0.4 is 9.47 Å². The molecule has 0 radical (unpaired) electrons. The SMILES string of the molecule is COC(=O)[C@@]1(C)CC[C@]2(C)CC[C@]3(C)C(=CC(=O)C4[C@@]5(C)C[C@H](OC(=O)Cn6cc(COc7ccccc7C=O)nn6)[C@@H](OC(=O)Cn6cc(COc7ccccc7C=O)nn6)C(C)(C)C5CC[C@]43C)C2C1. The van der Waals surface area contributed by atoms with Gasteiger partial charge in [0.15, 0.2) is 18.4 Å². The third-order valence-corrected chi connectivity index (χ3v) is 18.3. The number of nitrogens with zero attached hydrogens (tertiary/aromatic N) is 6. The van der Waals surface area contributed by atoms with Crippen molar-refractivity contribution in [3.63, 3.8) is 0 Å². The van der Waals surface area contributed by atoms with Crippen LogP contribution >= 0.6 is 0 Å². The van der Waals surface area contributed by atoms with E-state index in [4.69, 9.17) is 23.7 Å². The number of esters is 3. The fourth-order valence-corrected chi connectivity index (χ4v) is 14.4. The van der Waals surface area contributed by atoms with Gasteiger partial charge in [-0.15, -0.1) is 10.2 Å². The average Bonchev–Trinajstić information content (AvgIpc) is 4.00. The van der Waals surface area contributed by atoms with Crippen molar-refractivity contribution in [3.05, 3.63) is 95.1 Å². The first-order valence-electron chi connectivity index (χ1n) is 25.1. The van der Waals surface area contributed by atoms with E-state index in [1.807, 2.05) is 26.8 Å². The number of hydrogen-bond acceptors (Lipinski definition) is 15. The van der Waals surface area contributed by atoms with Crippen LogP contribution in [0.1, 0.15) is 132 Å². The summed E-state index contributed by atoms with van der Waals surface area (Å²) in [5.74, 6) is -1.18. The van der Waals surface area contributed by atoms with Gasteiger partial charge in [-0.05, 0) is 122 Å². The molecule has 10 atom stereocenters. The van der Waals surface area contributed by atoms with Gasteiger partial charge in [0, 0.05) is 11.3 Å². The summed E-state index contributed by atoms with van der Waals surface area (Å²) in [5.41, 5.74) is -0.295. The van der Waals surface area contributed by atoms with Crippen molar-refractivity contribution in [1.82, 2.24) is 30.0 Å². The predicted octanol–water partition coefficient (Wildman–Crippen LogP) is 7.94. The number of methoxy groups -OCH3 is 1. The zero-order valence-corrected chi connectivity index (χ0v) is 42.6. The molecule has 0 bridgehead atoms. The van der Waals surface area contributed by atoms with Crippen LogP contribution in [-0.2, 0) is 59.7 Å². The van der Waals surface area contributed by atoms with E-state index < -0.39 is 51.7 Å². The van der Waals surface area contributed by atoms with E-state index in [9.17, 15) is 24.0 Å². The second-order valence-electron chi connectivity index (χ2n) is 22.9. The smallest absolute Gasteiger partial charge is 0.328 e. The Balaban J connectivity index is 0.989. The Hall–Kier alpha value is -6.52. The van der Waals surface area contributed by atoms with Gasteiger partial charge in [0.1, 0.15) is 61.4 Å². The van der Waals surface area contributed by atoms with Crippen LogP contribution in [0.5, 0.6) is 11.5 Å². The zero-order valence-electron chi connectivity index (χ0n) is 42.6. The molecule has 17 heteroatoms. The molecule has 382 valence electrons. The van der Waals surface area contributed by atoms with Crippen LogP contribution in [0.2, 0.25) is 0 Å². The third kappa shape index (κ3) is 8.73. The minimum absolute atomic E-state index is 0.00323. The van der Waals surface area contributed by atoms with Crippen LogP contribution in [0, 0.1) is 50.2 Å². The summed E-state index contributed by atoms with van der Waals surface area (Å²) >= 11 is 0. The van der Waals surface area contributed by atoms with Crippen molar-refractivity contribution < 1.29 is 52.5 Å². The summed E-state index contributed by atoms with van der Waals surface area (Å²) in [6.45, 7) is 14.6. The highest BCUT2D eigenvalue weighted by atomic mass is 16.6. The Bertz CT molecular complexity index is 2820. The van der Waals surface area contributed by atoms with Crippen LogP contribution in [0.3, 0.4) is 0 Å². The third-order valence-electron chi connectivity index (χ3n) is 18.3. The van der Waals surface area contributed by atoms with E-state index in [0.29, 0.717) is 53.0 Å². The summed E-state index contributed by atoms with van der Waals surface area (Å²) in [7, 11) is 1.45. The summed E-state index contributed by atoms with van der Waals surface area (Å²) < 4.78 is 32.6. The molecule has 0 amide bonds. The van der Waals surface area contributed by atoms with E-state index in [2.05, 4.69) is 48.3 Å². The first kappa shape index (κ1) is 50.4. The fourth-order valence-electron chi connectivity index (χ4n) is 14.4. The molecule has 0 aliphatic heterocycles. The maximum atomic E-state index is 15.4. The van der Waals surface area contributed by atoms with Gasteiger partial charge < -0.3 is 23.7 Å². The number of ketones is 1. The Labute approximate surface area is 419 Å². The average molecular weight is 987 g/mol. The molecule has 0 N–H and O–H groups in total. The minimum Gasteiger partial charge on any atom is -0.486 e. The van der Waals surface area contributed by atoms with Crippen molar-refractivity contribution >= 4 is 36.3 Å². The molecule has 0 spiro atoms. The maximum Gasteiger partial charge on any atom is 0.328 e. The Morgan fingerprint density at radius 3 is 1.85 bits per heavy atom. The van der Waals surface area contributed by atoms with Crippen molar-refractivity contribution in [2.75, 3.05) is 7.11 Å². The molecule has 4 fully saturated rings. The number of rotatable bonds is 15. The molecule has 2 aromatic heterocycles. The van der Waals surface area contributed by atoms with Crippen molar-refractivity contribution in [2.45, 2.75) is 138 Å². The Kier molecular flexibility index (Phi) is 13.2. The minimum atomic E-state index is -0.969. The number of benzene rings is 2. The first-order chi connectivity index (χ1) is 34.2. The molecule has 9 rings (SSSR count). The van der Waals surface area contributed by atoms with Crippen LogP contribution in [0.15, 0.2) is 72.6 Å². The molecule has 3 unspecified atom stereocenters. The van der Waals surface area contributed by atoms with Gasteiger partial charge in [0.25, 0.3) is 0 Å². The zero-order chi connectivity index (χ0) is 51.4. The van der Waals surface area contributed by atoms with Crippen molar-refractivity contribution in [1.29, 1.82) is 0 Å². The van der Waals surface area contributed by atoms with Gasteiger partial charge in [-0.25, -0.2) is 9.36 Å². The molecule has 4 aromatic rings. The fraction of sp³-hybridized carbons (Fsp3) is 0.564. The van der Waals surface area contributed by atoms with Gasteiger partial charge in [-0.3, -0.25) is 28.8 Å². The van der Waals surface area contributed by atoms with E-state index in [-0.39, 0.29) is 67.1 Å². The largest absolute Gasteiger partial charge is 0.486 e. The number of carbonyl (C=O) groups excluding carboxylic acids is 6. The molecule has 72 heavy (non-hydrogen) atoms. The summed E-state index contributed by atoms with van der Waals surface area (Å²) in [6.07, 6.45) is 10.4. The normalized spacial score (nSPS) is 32.3. The molecule has 2 heterocycles. The second-order valence-corrected chi connectivity index (χ2v) is 22.9. The van der Waals surface area contributed by atoms with Crippen molar-refractivity contribution in [2.24, 2.45) is 50.2 Å². The van der Waals surface area contributed by atoms with E-state index in [1.54, 1.807) is 60.9 Å². The Morgan fingerprint density at radius 1 is 0.722 bits per heavy atom. The number of aromatic nitrogens is 6. The molecule has 5 aliphatic carbocycles. The van der Waals surface area contributed by atoms with Gasteiger partial charge in [0.05, 0.1) is 36.0 Å². The number of aldehydes is 2. The molecule has 4 saturated carbocycles. The highest BCUT2D eigenvalue weighted by Gasteiger charge is 2.72. The van der Waals surface area contributed by atoms with Crippen LogP contribution in [0.4, 0.5) is 0 Å². The standard InChI is InChI=1S/C55H66N6O11/c1-50(2)44-17-18-55(7)47(40(64)23-38-39-24-52(4,49(67)68-8)20-19-51(39,3)21-22-54(38,55)6)53(44,5)25-43(71-45(65)28-60-26-36(56-58-60)32-69-41-15-11-9-13-34(41)30-62)48(50)72-46(66)29-61-27-37(57-59-61)33-70-42-16-12-10-14-35(42)31-63/h9-16,23,26-27,30-31,39,43-44,47-48H,17-22,24-25,28-29,32-33H2,1-8H3/t39?,43-,44?,47?,48+,51+,52-,53-,54+,55+/m0/s1. The quantitative estimate of drug-likeness (QED) is 0.0629. The van der Waals surface area contributed by atoms with Gasteiger partial charge in [-0.1, -0.05) is 81.8 Å². The monoisotopic (exact) mass is 986 g/mol. The van der Waals surface area contributed by atoms with Crippen LogP contribution in [0.25, 0.3) is 0 Å². The number of para-hydroxylation sites is 2. The van der Waals surface area contributed by atoms with Gasteiger partial charge in [-0.2, -0.15) is 0 Å². The van der Waals surface area contributed by atoms with E-state index in [0.717, 1.165) is 44.1 Å². The predicted molar refractivity (Wildman–Crippen MR) is 259 cm³/mol. The number of allylic oxidation sites excluding steroid dienone is 2. The highest BCUT2D eigenvalue weighted by molar-refractivity contribution is 5.96. The molecular formula is C55H66N6O11. The molecule has 0 saturated heterocycles. The molecule has 17 nitrogen and oxygen atoms in total. The lowest BCUT2D eigenvalue weighted by atomic mass is 9.33. The molecule has 5 aliphatic rings. The van der Waals surface area contributed by atoms with Crippen LogP contribution in [-0.4, -0.2) is 85.6 Å². The van der Waals surface area contributed by atoms with Gasteiger partial charge in [0.2, 0.25) is 0 Å². The summed E-state index contributed by atoms with van der Waals surface area (Å²) in [4.78, 5) is 80.0. The lowest BCUT2D eigenvalue weighted by Crippen LogP contribution is -2.69. The maximum absolute atomic E-state index is 15.4. The van der Waals surface area contributed by atoms with E-state index in [1.165, 1.54) is 16.5 Å². The summed E-state index contributed by atoms with van der Waals surface area (Å²) in [5, 5.41) is 16.7. The van der Waals surface area contributed by atoms with E-state index >= 15 is 4.79 Å². The number of carbonyl (C=O) groups is 6. The molecular weight excluding hydrogens is 921 g/mol. The lowest BCUT2D eigenvalue weighted by Gasteiger charge is -2.71. The Morgan fingerprint density at radius 2 is 1.28 bits per heavy atom. The first-order valence-corrected chi connectivity index (χ1v) is 25.1. The number of fused-ring (bicyclic) bond motifs is 7. The second kappa shape index (κ2) is 18.8. The van der Waals surface area contributed by atoms with Crippen molar-refractivity contribution in [3.8, 4) is 11.5 Å².